The largest absolute Gasteiger partial charge is 0.491 e. The number of benzene rings is 1. The number of rotatable bonds is 6. The average Bonchev–Trinajstić information content (AvgIpc) is 2.38. The Labute approximate surface area is 100 Å². The first-order valence-corrected chi connectivity index (χ1v) is 5.28. The molecular formula is C11H15BO5. The van der Waals surface area contributed by atoms with Gasteiger partial charge in [-0.3, -0.25) is 0 Å². The highest BCUT2D eigenvalue weighted by Gasteiger charge is 2.16. The van der Waals surface area contributed by atoms with Crippen LogP contribution in [0.15, 0.2) is 24.3 Å². The topological polar surface area (TPSA) is 76.0 Å². The van der Waals surface area contributed by atoms with Crippen molar-refractivity contribution in [2.75, 3.05) is 20.3 Å². The first kappa shape index (κ1) is 13.7. The number of hydrogen-bond donors (Lipinski definition) is 2. The van der Waals surface area contributed by atoms with Gasteiger partial charge in [0.05, 0.1) is 12.7 Å². The summed E-state index contributed by atoms with van der Waals surface area (Å²) in [6.07, 6.45) is 0.470. The zero-order valence-electron chi connectivity index (χ0n) is 9.63. The number of aliphatic hydroxyl groups is 1. The SMILES string of the molecule is COC(=O)c1ccc(B(O)OCCCO)cc1. The van der Waals surface area contributed by atoms with E-state index in [2.05, 4.69) is 4.74 Å². The number of hydrogen-bond acceptors (Lipinski definition) is 5. The van der Waals surface area contributed by atoms with Crippen LogP contribution < -0.4 is 5.46 Å². The Morgan fingerprint density at radius 2 is 2.00 bits per heavy atom. The van der Waals surface area contributed by atoms with Crippen LogP contribution in [-0.4, -0.2) is 43.5 Å². The molecule has 0 radical (unpaired) electrons. The van der Waals surface area contributed by atoms with Crippen LogP contribution in [0, 0.1) is 0 Å². The van der Waals surface area contributed by atoms with Gasteiger partial charge in [-0.25, -0.2) is 4.79 Å². The minimum absolute atomic E-state index is 0.0218. The van der Waals surface area contributed by atoms with E-state index in [0.29, 0.717) is 17.4 Å². The van der Waals surface area contributed by atoms with Crippen molar-refractivity contribution in [3.63, 3.8) is 0 Å². The second-order valence-electron chi connectivity index (χ2n) is 3.41. The highest BCUT2D eigenvalue weighted by molar-refractivity contribution is 6.59. The molecule has 0 amide bonds. The summed E-state index contributed by atoms with van der Waals surface area (Å²) in [4.78, 5) is 11.2. The summed E-state index contributed by atoms with van der Waals surface area (Å²) in [6.45, 7) is 0.296. The maximum atomic E-state index is 11.2. The molecule has 0 unspecified atom stereocenters. The van der Waals surface area contributed by atoms with Crippen LogP contribution in [0.25, 0.3) is 0 Å². The summed E-state index contributed by atoms with van der Waals surface area (Å²) < 4.78 is 9.63. The Balaban J connectivity index is 2.57. The van der Waals surface area contributed by atoms with Gasteiger partial charge in [0.25, 0.3) is 0 Å². The molecule has 0 fully saturated rings. The molecule has 6 heteroatoms. The molecule has 0 aliphatic carbocycles. The molecule has 2 N–H and O–H groups in total. The highest BCUT2D eigenvalue weighted by Crippen LogP contribution is 2.00. The van der Waals surface area contributed by atoms with Gasteiger partial charge in [0.15, 0.2) is 0 Å². The number of aliphatic hydroxyl groups excluding tert-OH is 1. The molecule has 1 rings (SSSR count). The predicted molar refractivity (Wildman–Crippen MR) is 63.0 cm³/mol. The summed E-state index contributed by atoms with van der Waals surface area (Å²) >= 11 is 0. The number of ether oxygens (including phenoxy) is 1. The lowest BCUT2D eigenvalue weighted by Crippen LogP contribution is -2.34. The zero-order valence-corrected chi connectivity index (χ0v) is 9.63. The number of carbonyl (C=O) groups excluding carboxylic acids is 1. The van der Waals surface area contributed by atoms with Crippen LogP contribution in [0.3, 0.4) is 0 Å². The molecule has 0 saturated carbocycles. The average molecular weight is 238 g/mol. The molecule has 0 spiro atoms. The molecule has 0 heterocycles. The fraction of sp³-hybridized carbons (Fsp3) is 0.364. The van der Waals surface area contributed by atoms with Crippen molar-refractivity contribution in [1.29, 1.82) is 0 Å². The van der Waals surface area contributed by atoms with Crippen LogP contribution in [0.4, 0.5) is 0 Å². The van der Waals surface area contributed by atoms with E-state index in [4.69, 9.17) is 9.76 Å². The fourth-order valence-electron chi connectivity index (χ4n) is 1.26. The second-order valence-corrected chi connectivity index (χ2v) is 3.41. The number of methoxy groups -OCH3 is 1. The molecule has 0 aliphatic rings. The predicted octanol–water partition coefficient (Wildman–Crippen LogP) is -0.440. The van der Waals surface area contributed by atoms with Gasteiger partial charge in [0.2, 0.25) is 0 Å². The normalized spacial score (nSPS) is 10.1. The highest BCUT2D eigenvalue weighted by atomic mass is 16.5. The van der Waals surface area contributed by atoms with Gasteiger partial charge < -0.3 is 19.5 Å². The summed E-state index contributed by atoms with van der Waals surface area (Å²) in [5.74, 6) is -0.424. The van der Waals surface area contributed by atoms with E-state index in [-0.39, 0.29) is 13.2 Å². The van der Waals surface area contributed by atoms with Crippen LogP contribution in [0.1, 0.15) is 16.8 Å². The van der Waals surface area contributed by atoms with Crippen molar-refractivity contribution in [1.82, 2.24) is 0 Å². The summed E-state index contributed by atoms with van der Waals surface area (Å²) in [6, 6.07) is 6.30. The fourth-order valence-corrected chi connectivity index (χ4v) is 1.26. The Morgan fingerprint density at radius 3 is 2.53 bits per heavy atom. The Morgan fingerprint density at radius 1 is 1.35 bits per heavy atom. The van der Waals surface area contributed by atoms with Crippen LogP contribution in [0.5, 0.6) is 0 Å². The Kier molecular flexibility index (Phi) is 5.69. The van der Waals surface area contributed by atoms with E-state index in [0.717, 1.165) is 0 Å². The minimum Gasteiger partial charge on any atom is -0.465 e. The maximum Gasteiger partial charge on any atom is 0.491 e. The molecule has 5 nitrogen and oxygen atoms in total. The van der Waals surface area contributed by atoms with E-state index >= 15 is 0 Å². The first-order chi connectivity index (χ1) is 8.19. The Bertz CT molecular complexity index is 351. The molecule has 0 aromatic heterocycles. The maximum absolute atomic E-state index is 11.2. The Hall–Kier alpha value is -1.37. The van der Waals surface area contributed by atoms with Crippen molar-refractivity contribution in [3.8, 4) is 0 Å². The molecule has 17 heavy (non-hydrogen) atoms. The van der Waals surface area contributed by atoms with Crippen molar-refractivity contribution in [2.45, 2.75) is 6.42 Å². The lowest BCUT2D eigenvalue weighted by atomic mass is 9.79. The van der Waals surface area contributed by atoms with Crippen LogP contribution >= 0.6 is 0 Å². The molecule has 0 aliphatic heterocycles. The summed E-state index contributed by atoms with van der Waals surface area (Å²) in [5.41, 5.74) is 0.967. The third-order valence-corrected chi connectivity index (χ3v) is 2.20. The van der Waals surface area contributed by atoms with Gasteiger partial charge in [-0.15, -0.1) is 0 Å². The van der Waals surface area contributed by atoms with Crippen molar-refractivity contribution in [2.24, 2.45) is 0 Å². The first-order valence-electron chi connectivity index (χ1n) is 5.28. The van der Waals surface area contributed by atoms with Gasteiger partial charge in [-0.2, -0.15) is 0 Å². The van der Waals surface area contributed by atoms with Gasteiger partial charge in [0, 0.05) is 13.2 Å². The van der Waals surface area contributed by atoms with Gasteiger partial charge in [0.1, 0.15) is 0 Å². The van der Waals surface area contributed by atoms with Crippen molar-refractivity contribution < 1.29 is 24.3 Å². The molecular weight excluding hydrogens is 223 g/mol. The quantitative estimate of drug-likeness (QED) is 0.399. The van der Waals surface area contributed by atoms with Crippen molar-refractivity contribution in [3.05, 3.63) is 29.8 Å². The monoisotopic (exact) mass is 238 g/mol. The molecule has 0 saturated heterocycles. The van der Waals surface area contributed by atoms with E-state index < -0.39 is 13.1 Å². The van der Waals surface area contributed by atoms with E-state index in [9.17, 15) is 9.82 Å². The standard InChI is InChI=1S/C11H15BO5/c1-16-11(14)9-3-5-10(6-4-9)12(15)17-8-2-7-13/h3-6,13,15H,2,7-8H2,1H3. The van der Waals surface area contributed by atoms with Crippen molar-refractivity contribution >= 4 is 18.6 Å². The molecule has 0 atom stereocenters. The summed E-state index contributed by atoms with van der Waals surface area (Å²) in [7, 11) is 0.261. The van der Waals surface area contributed by atoms with Crippen LogP contribution in [-0.2, 0) is 9.39 Å². The van der Waals surface area contributed by atoms with Crippen LogP contribution in [0.2, 0.25) is 0 Å². The summed E-state index contributed by atoms with van der Waals surface area (Å²) in [5, 5.41) is 18.2. The third kappa shape index (κ3) is 4.18. The van der Waals surface area contributed by atoms with Gasteiger partial charge in [-0.1, -0.05) is 12.1 Å². The van der Waals surface area contributed by atoms with Gasteiger partial charge >= 0.3 is 13.1 Å². The second kappa shape index (κ2) is 7.06. The minimum atomic E-state index is -1.05. The molecule has 1 aromatic carbocycles. The van der Waals surface area contributed by atoms with Gasteiger partial charge in [-0.05, 0) is 24.0 Å². The smallest absolute Gasteiger partial charge is 0.465 e. The van der Waals surface area contributed by atoms with E-state index in [1.54, 1.807) is 24.3 Å². The van der Waals surface area contributed by atoms with E-state index in [1.807, 2.05) is 0 Å². The third-order valence-electron chi connectivity index (χ3n) is 2.20. The lowest BCUT2D eigenvalue weighted by molar-refractivity contribution is 0.0600. The lowest BCUT2D eigenvalue weighted by Gasteiger charge is -2.08. The molecule has 92 valence electrons. The number of carbonyl (C=O) groups is 1. The molecule has 1 aromatic rings. The zero-order chi connectivity index (χ0) is 12.7. The molecule has 0 bridgehead atoms. The number of esters is 1. The van der Waals surface area contributed by atoms with E-state index in [1.165, 1.54) is 7.11 Å².